The fraction of sp³-hybridized carbons (Fsp3) is 0.263. The van der Waals surface area contributed by atoms with Crippen molar-refractivity contribution in [1.82, 2.24) is 0 Å². The first-order valence-corrected chi connectivity index (χ1v) is 7.05. The smallest absolute Gasteiger partial charge is 0.0237 e. The Morgan fingerprint density at radius 1 is 0.895 bits per heavy atom. The topological polar surface area (TPSA) is 0 Å². The molecule has 0 radical (unpaired) electrons. The highest BCUT2D eigenvalue weighted by Crippen LogP contribution is 2.40. The van der Waals surface area contributed by atoms with Crippen LogP contribution in [0.2, 0.25) is 0 Å². The zero-order valence-corrected chi connectivity index (χ0v) is 11.7. The van der Waals surface area contributed by atoms with E-state index < -0.39 is 0 Å². The largest absolute Gasteiger partial charge is 0.103 e. The molecular weight excluding hydrogens is 228 g/mol. The van der Waals surface area contributed by atoms with E-state index in [1.54, 1.807) is 0 Å². The molecule has 19 heavy (non-hydrogen) atoms. The van der Waals surface area contributed by atoms with Crippen LogP contribution in [0.15, 0.2) is 73.3 Å². The summed E-state index contributed by atoms with van der Waals surface area (Å²) in [4.78, 5) is 0. The van der Waals surface area contributed by atoms with Crippen LogP contribution >= 0.6 is 0 Å². The van der Waals surface area contributed by atoms with Crippen LogP contribution in [-0.2, 0) is 5.41 Å². The molecule has 0 aliphatic rings. The van der Waals surface area contributed by atoms with Crippen LogP contribution in [0.5, 0.6) is 0 Å². The average molecular weight is 250 g/mol. The highest BCUT2D eigenvalue weighted by atomic mass is 14.3. The van der Waals surface area contributed by atoms with Gasteiger partial charge in [0.15, 0.2) is 0 Å². The molecule has 98 valence electrons. The van der Waals surface area contributed by atoms with Crippen molar-refractivity contribution in [2.24, 2.45) is 0 Å². The maximum Gasteiger partial charge on any atom is 0.0237 e. The Labute approximate surface area is 116 Å². The lowest BCUT2D eigenvalue weighted by Gasteiger charge is -2.34. The molecular formula is C19H22. The van der Waals surface area contributed by atoms with Gasteiger partial charge in [-0.1, -0.05) is 80.1 Å². The summed E-state index contributed by atoms with van der Waals surface area (Å²) in [6.07, 6.45) is 5.34. The van der Waals surface area contributed by atoms with E-state index in [1.807, 2.05) is 0 Å². The van der Waals surface area contributed by atoms with Crippen LogP contribution in [0.3, 0.4) is 0 Å². The quantitative estimate of drug-likeness (QED) is 0.606. The molecule has 0 heterocycles. The second kappa shape index (κ2) is 6.38. The Morgan fingerprint density at radius 2 is 1.37 bits per heavy atom. The van der Waals surface area contributed by atoms with Crippen LogP contribution in [0.1, 0.15) is 37.3 Å². The van der Waals surface area contributed by atoms with Crippen LogP contribution < -0.4 is 0 Å². The summed E-state index contributed by atoms with van der Waals surface area (Å²) in [5.74, 6) is 0. The van der Waals surface area contributed by atoms with Crippen molar-refractivity contribution >= 4 is 0 Å². The zero-order chi connectivity index (χ0) is 13.6. The first-order chi connectivity index (χ1) is 9.33. The van der Waals surface area contributed by atoms with Gasteiger partial charge in [-0.05, 0) is 24.0 Å². The zero-order valence-electron chi connectivity index (χ0n) is 11.7. The second-order valence-electron chi connectivity index (χ2n) is 5.06. The van der Waals surface area contributed by atoms with Gasteiger partial charge in [-0.25, -0.2) is 0 Å². The summed E-state index contributed by atoms with van der Waals surface area (Å²) in [6, 6.07) is 21.7. The molecule has 0 fully saturated rings. The normalized spacial score (nSPS) is 11.2. The van der Waals surface area contributed by atoms with Crippen molar-refractivity contribution in [3.8, 4) is 0 Å². The Bertz CT molecular complexity index is 457. The lowest BCUT2D eigenvalue weighted by Crippen LogP contribution is -2.27. The van der Waals surface area contributed by atoms with Gasteiger partial charge in [0.05, 0.1) is 0 Å². The molecule has 0 atom stereocenters. The third-order valence-corrected chi connectivity index (χ3v) is 3.82. The molecule has 0 saturated heterocycles. The molecule has 0 unspecified atom stereocenters. The fourth-order valence-electron chi connectivity index (χ4n) is 2.98. The number of allylic oxidation sites excluding steroid dienone is 1. The average Bonchev–Trinajstić information content (AvgIpc) is 2.49. The Morgan fingerprint density at radius 3 is 1.74 bits per heavy atom. The van der Waals surface area contributed by atoms with E-state index in [1.165, 1.54) is 11.1 Å². The molecule has 0 aromatic heterocycles. The molecule has 0 nitrogen and oxygen atoms in total. The number of hydrogen-bond acceptors (Lipinski definition) is 0. The van der Waals surface area contributed by atoms with Gasteiger partial charge in [-0.3, -0.25) is 0 Å². The van der Waals surface area contributed by atoms with Gasteiger partial charge >= 0.3 is 0 Å². The third-order valence-electron chi connectivity index (χ3n) is 3.82. The van der Waals surface area contributed by atoms with Gasteiger partial charge in [-0.15, -0.1) is 6.58 Å². The summed E-state index contributed by atoms with van der Waals surface area (Å²) in [5, 5.41) is 0. The molecule has 2 rings (SSSR count). The van der Waals surface area contributed by atoms with Gasteiger partial charge in [0.25, 0.3) is 0 Å². The molecule has 0 aliphatic heterocycles. The van der Waals surface area contributed by atoms with Crippen molar-refractivity contribution in [3.05, 3.63) is 84.4 Å². The minimum absolute atomic E-state index is 0.0685. The van der Waals surface area contributed by atoms with E-state index in [-0.39, 0.29) is 5.41 Å². The minimum atomic E-state index is 0.0685. The monoisotopic (exact) mass is 250 g/mol. The predicted octanol–water partition coefficient (Wildman–Crippen LogP) is 5.35. The maximum atomic E-state index is 3.98. The fourth-order valence-corrected chi connectivity index (χ4v) is 2.98. The van der Waals surface area contributed by atoms with Crippen molar-refractivity contribution < 1.29 is 0 Å². The van der Waals surface area contributed by atoms with E-state index >= 15 is 0 Å². The molecule has 0 bridgehead atoms. The van der Waals surface area contributed by atoms with E-state index in [0.29, 0.717) is 0 Å². The first-order valence-electron chi connectivity index (χ1n) is 7.05. The van der Waals surface area contributed by atoms with E-state index in [0.717, 1.165) is 19.3 Å². The van der Waals surface area contributed by atoms with E-state index in [4.69, 9.17) is 0 Å². The van der Waals surface area contributed by atoms with Crippen molar-refractivity contribution in [2.75, 3.05) is 0 Å². The molecule has 0 spiro atoms. The molecule has 0 amide bonds. The number of rotatable bonds is 6. The maximum absolute atomic E-state index is 3.98. The van der Waals surface area contributed by atoms with Crippen molar-refractivity contribution in [2.45, 2.75) is 31.6 Å². The second-order valence-corrected chi connectivity index (χ2v) is 5.06. The number of benzene rings is 2. The molecule has 0 saturated carbocycles. The van der Waals surface area contributed by atoms with Crippen LogP contribution in [0, 0.1) is 0 Å². The number of hydrogen-bond donors (Lipinski definition) is 0. The van der Waals surface area contributed by atoms with Gasteiger partial charge in [0.2, 0.25) is 0 Å². The van der Waals surface area contributed by atoms with Gasteiger partial charge in [-0.2, -0.15) is 0 Å². The third kappa shape index (κ3) is 2.78. The highest BCUT2D eigenvalue weighted by Gasteiger charge is 2.31. The highest BCUT2D eigenvalue weighted by molar-refractivity contribution is 5.40. The Kier molecular flexibility index (Phi) is 4.57. The lowest BCUT2D eigenvalue weighted by molar-refractivity contribution is 0.471. The van der Waals surface area contributed by atoms with Crippen LogP contribution in [0.25, 0.3) is 0 Å². The van der Waals surface area contributed by atoms with Crippen molar-refractivity contribution in [3.63, 3.8) is 0 Å². The summed E-state index contributed by atoms with van der Waals surface area (Å²) < 4.78 is 0. The Balaban J connectivity index is 2.57. The Hall–Kier alpha value is -1.82. The van der Waals surface area contributed by atoms with Gasteiger partial charge < -0.3 is 0 Å². The summed E-state index contributed by atoms with van der Waals surface area (Å²) in [6.45, 7) is 6.23. The molecule has 2 aromatic carbocycles. The summed E-state index contributed by atoms with van der Waals surface area (Å²) in [7, 11) is 0. The van der Waals surface area contributed by atoms with Crippen LogP contribution in [0.4, 0.5) is 0 Å². The molecule has 0 heteroatoms. The van der Waals surface area contributed by atoms with E-state index in [2.05, 4.69) is 80.2 Å². The molecule has 0 N–H and O–H groups in total. The van der Waals surface area contributed by atoms with Gasteiger partial charge in [0, 0.05) is 5.41 Å². The predicted molar refractivity (Wildman–Crippen MR) is 83.4 cm³/mol. The standard InChI is InChI=1S/C19H22/c1-3-15-19(16-4-2,17-11-7-5-8-12-17)18-13-9-6-10-14-18/h3,5-14H,1,4,15-16H2,2H3. The molecule has 2 aromatic rings. The van der Waals surface area contributed by atoms with Crippen LogP contribution in [-0.4, -0.2) is 0 Å². The minimum Gasteiger partial charge on any atom is -0.103 e. The molecule has 0 aliphatic carbocycles. The van der Waals surface area contributed by atoms with E-state index in [9.17, 15) is 0 Å². The SMILES string of the molecule is C=CCC(CCC)(c1ccccc1)c1ccccc1. The van der Waals surface area contributed by atoms with Gasteiger partial charge in [0.1, 0.15) is 0 Å². The lowest BCUT2D eigenvalue weighted by atomic mass is 9.69. The van der Waals surface area contributed by atoms with Crippen molar-refractivity contribution in [1.29, 1.82) is 0 Å². The summed E-state index contributed by atoms with van der Waals surface area (Å²) in [5.41, 5.74) is 2.85. The summed E-state index contributed by atoms with van der Waals surface area (Å²) >= 11 is 0. The first kappa shape index (κ1) is 13.6.